The first kappa shape index (κ1) is 62.6. The average Bonchev–Trinajstić information content (AvgIpc) is 3.37. The minimum atomic E-state index is -2.76. The smallest absolute Gasteiger partial charge is 0.449 e. The molecular formula is C67H112O3S. The number of carboxylic acid groups (broad SMARTS) is 1. The van der Waals surface area contributed by atoms with Crippen molar-refractivity contribution in [1.29, 1.82) is 0 Å². The third-order valence-corrected chi connectivity index (χ3v) is 18.8. The largest absolute Gasteiger partial charge is 0.517 e. The van der Waals surface area contributed by atoms with Crippen molar-refractivity contribution in [3.63, 3.8) is 0 Å². The summed E-state index contributed by atoms with van der Waals surface area (Å²) >= 11 is 0. The Labute approximate surface area is 442 Å². The van der Waals surface area contributed by atoms with E-state index in [0.717, 1.165) is 69.1 Å². The van der Waals surface area contributed by atoms with Gasteiger partial charge in [-0.1, -0.05) is 277 Å². The van der Waals surface area contributed by atoms with E-state index in [1.807, 2.05) is 0 Å². The summed E-state index contributed by atoms with van der Waals surface area (Å²) in [5, 5.41) is 11.5. The quantitative estimate of drug-likeness (QED) is 0.0574. The maximum Gasteiger partial charge on any atom is 0.517 e. The predicted octanol–water partition coefficient (Wildman–Crippen LogP) is 23.0. The summed E-state index contributed by atoms with van der Waals surface area (Å²) in [5.74, 6) is 0. The second-order valence-corrected chi connectivity index (χ2v) is 24.4. The van der Waals surface area contributed by atoms with Crippen molar-refractivity contribution < 1.29 is 14.1 Å². The van der Waals surface area contributed by atoms with Gasteiger partial charge in [-0.05, 0) is 133 Å². The molecule has 0 bridgehead atoms. The van der Waals surface area contributed by atoms with Gasteiger partial charge in [0.05, 0.1) is 0 Å². The van der Waals surface area contributed by atoms with E-state index in [4.69, 9.17) is 4.18 Å². The number of benzene rings is 3. The molecule has 4 heteroatoms. The van der Waals surface area contributed by atoms with Gasteiger partial charge in [0, 0.05) is 14.7 Å². The number of hydrogen-bond acceptors (Lipinski definition) is 2. The summed E-state index contributed by atoms with van der Waals surface area (Å²) in [5.41, 5.74) is 8.40. The highest BCUT2D eigenvalue weighted by Gasteiger charge is 2.42. The van der Waals surface area contributed by atoms with Crippen LogP contribution in [0.2, 0.25) is 0 Å². The zero-order chi connectivity index (χ0) is 51.0. The van der Waals surface area contributed by atoms with E-state index < -0.39 is 16.5 Å². The fraction of sp³-hybridized carbons (Fsp3) is 0.716. The second-order valence-electron chi connectivity index (χ2n) is 21.8. The van der Waals surface area contributed by atoms with Crippen molar-refractivity contribution in [2.75, 3.05) is 0 Å². The molecule has 1 N–H and O–H groups in total. The summed E-state index contributed by atoms with van der Waals surface area (Å²) in [6.45, 7) is 13.9. The predicted molar refractivity (Wildman–Crippen MR) is 313 cm³/mol. The lowest BCUT2D eigenvalue weighted by molar-refractivity contribution is 0.150. The highest BCUT2D eigenvalue weighted by Crippen LogP contribution is 2.73. The molecule has 3 rings (SSSR count). The fourth-order valence-corrected chi connectivity index (χ4v) is 15.0. The Balaban J connectivity index is 2.48. The Morgan fingerprint density at radius 3 is 0.845 bits per heavy atom. The molecule has 3 aromatic carbocycles. The van der Waals surface area contributed by atoms with Crippen molar-refractivity contribution in [2.45, 2.75) is 326 Å². The topological polar surface area (TPSA) is 46.5 Å². The van der Waals surface area contributed by atoms with Gasteiger partial charge < -0.3 is 9.29 Å². The molecular weight excluding hydrogens is 885 g/mol. The van der Waals surface area contributed by atoms with Gasteiger partial charge in [-0.3, -0.25) is 0 Å². The van der Waals surface area contributed by atoms with E-state index in [1.54, 1.807) is 0 Å². The van der Waals surface area contributed by atoms with Crippen molar-refractivity contribution >= 4 is 16.5 Å². The summed E-state index contributed by atoms with van der Waals surface area (Å²) in [6, 6.07) is 21.2. The molecule has 0 aromatic heterocycles. The number of carbonyl (C=O) groups is 1. The van der Waals surface area contributed by atoms with Crippen LogP contribution >= 0.6 is 10.3 Å². The molecule has 0 heterocycles. The minimum absolute atomic E-state index is 0.968. The van der Waals surface area contributed by atoms with Crippen molar-refractivity contribution in [1.82, 2.24) is 0 Å². The summed E-state index contributed by atoms with van der Waals surface area (Å²) in [6.07, 6.45) is 50.1. The molecule has 71 heavy (non-hydrogen) atoms. The number of aryl methyl sites for hydroxylation is 6. The Kier molecular flexibility index (Phi) is 35.8. The standard InChI is InChI=1S/C67H112O3S/c1-7-13-19-25-31-38-46-58-54-60(48-40-33-27-21-15-9-3)65(61(55-58)49-41-34-28-22-16-10-4)71(70-67(68)69,64-52-44-37-45-53-64)66-62(50-42-35-29-23-17-11-5)56-59(47-39-32-26-20-14-8-2)57-63(66)51-43-36-30-24-18-12-6/h37,44-45,52-57H,7-36,38-43,46-51H2,1-6H3,(H,68,69). The summed E-state index contributed by atoms with van der Waals surface area (Å²) in [4.78, 5) is 17.6. The maximum atomic E-state index is 14.1. The van der Waals surface area contributed by atoms with Gasteiger partial charge in [-0.2, -0.15) is 0 Å². The van der Waals surface area contributed by atoms with E-state index in [1.165, 1.54) is 249 Å². The van der Waals surface area contributed by atoms with Gasteiger partial charge in [0.15, 0.2) is 0 Å². The average molecular weight is 998 g/mol. The number of hydrogen-bond donors (Lipinski definition) is 1. The third-order valence-electron chi connectivity index (χ3n) is 15.3. The monoisotopic (exact) mass is 997 g/mol. The summed E-state index contributed by atoms with van der Waals surface area (Å²) < 4.78 is 7.15. The Bertz CT molecular complexity index is 1590. The van der Waals surface area contributed by atoms with E-state index in [-0.39, 0.29) is 0 Å². The first-order valence-corrected chi connectivity index (χ1v) is 32.6. The van der Waals surface area contributed by atoms with Crippen LogP contribution in [0.1, 0.15) is 306 Å². The first-order valence-electron chi connectivity index (χ1n) is 31.0. The van der Waals surface area contributed by atoms with E-state index >= 15 is 0 Å². The first-order chi connectivity index (χ1) is 34.9. The zero-order valence-corrected chi connectivity index (χ0v) is 48.4. The molecule has 404 valence electrons. The van der Waals surface area contributed by atoms with Gasteiger partial charge in [0.1, 0.15) is 0 Å². The van der Waals surface area contributed by atoms with Crippen LogP contribution in [0, 0.1) is 0 Å². The molecule has 0 radical (unpaired) electrons. The van der Waals surface area contributed by atoms with Crippen LogP contribution in [0.5, 0.6) is 0 Å². The molecule has 3 aromatic rings. The molecule has 0 amide bonds. The zero-order valence-electron chi connectivity index (χ0n) is 47.6. The van der Waals surface area contributed by atoms with Crippen molar-refractivity contribution in [3.05, 3.63) is 88.0 Å². The van der Waals surface area contributed by atoms with Crippen LogP contribution in [-0.4, -0.2) is 11.3 Å². The molecule has 0 unspecified atom stereocenters. The molecule has 0 fully saturated rings. The lowest BCUT2D eigenvalue weighted by Gasteiger charge is -2.44. The molecule has 0 spiro atoms. The molecule has 0 aliphatic heterocycles. The molecule has 0 saturated carbocycles. The van der Waals surface area contributed by atoms with Gasteiger partial charge in [-0.15, -0.1) is 0 Å². The van der Waals surface area contributed by atoms with Crippen LogP contribution in [-0.2, 0) is 42.7 Å². The van der Waals surface area contributed by atoms with Gasteiger partial charge in [0.2, 0.25) is 0 Å². The van der Waals surface area contributed by atoms with Crippen LogP contribution in [0.15, 0.2) is 69.3 Å². The van der Waals surface area contributed by atoms with E-state index in [0.29, 0.717) is 0 Å². The van der Waals surface area contributed by atoms with Gasteiger partial charge in [0.25, 0.3) is 0 Å². The second kappa shape index (κ2) is 40.6. The van der Waals surface area contributed by atoms with Crippen molar-refractivity contribution in [3.8, 4) is 0 Å². The highest BCUT2D eigenvalue weighted by atomic mass is 32.3. The summed E-state index contributed by atoms with van der Waals surface area (Å²) in [7, 11) is -2.76. The molecule has 3 nitrogen and oxygen atoms in total. The van der Waals surface area contributed by atoms with Crippen LogP contribution < -0.4 is 0 Å². The lowest BCUT2D eigenvalue weighted by Crippen LogP contribution is -2.19. The Hall–Kier alpha value is -2.72. The number of unbranched alkanes of at least 4 members (excludes halogenated alkanes) is 30. The van der Waals surface area contributed by atoms with E-state index in [2.05, 4.69) is 96.1 Å². The van der Waals surface area contributed by atoms with E-state index in [9.17, 15) is 9.90 Å². The van der Waals surface area contributed by atoms with Crippen LogP contribution in [0.4, 0.5) is 4.79 Å². The normalized spacial score (nSPS) is 12.0. The number of rotatable bonds is 46. The maximum absolute atomic E-state index is 14.1. The van der Waals surface area contributed by atoms with Crippen LogP contribution in [0.25, 0.3) is 0 Å². The van der Waals surface area contributed by atoms with Crippen molar-refractivity contribution in [2.24, 2.45) is 0 Å². The molecule has 0 aliphatic rings. The Morgan fingerprint density at radius 2 is 0.592 bits per heavy atom. The SMILES string of the molecule is CCCCCCCCc1cc(CCCCCCCC)c(S(OC(=O)O)(c2ccccc2)c2c(CCCCCCCC)cc(CCCCCCCC)cc2CCCCCCCC)c(CCCCCCCC)c1. The molecule has 0 atom stereocenters. The third kappa shape index (κ3) is 24.5. The molecule has 0 aliphatic carbocycles. The van der Waals surface area contributed by atoms with Gasteiger partial charge >= 0.3 is 6.16 Å². The molecule has 0 saturated heterocycles. The lowest BCUT2D eigenvalue weighted by atomic mass is 9.94. The van der Waals surface area contributed by atoms with Crippen LogP contribution in [0.3, 0.4) is 0 Å². The van der Waals surface area contributed by atoms with Gasteiger partial charge in [-0.25, -0.2) is 4.79 Å². The fourth-order valence-electron chi connectivity index (χ4n) is 11.2. The highest BCUT2D eigenvalue weighted by molar-refractivity contribution is 8.30. The Morgan fingerprint density at radius 1 is 0.352 bits per heavy atom. The minimum Gasteiger partial charge on any atom is -0.449 e.